The van der Waals surface area contributed by atoms with Gasteiger partial charge in [0.05, 0.1) is 17.6 Å². The van der Waals surface area contributed by atoms with Crippen molar-refractivity contribution in [2.75, 3.05) is 5.32 Å². The number of hydrogen-bond donors (Lipinski definition) is 2. The fourth-order valence-corrected chi connectivity index (χ4v) is 2.82. The molecule has 2 aromatic heterocycles. The van der Waals surface area contributed by atoms with Crippen LogP contribution in [0.4, 0.5) is 5.69 Å². The van der Waals surface area contributed by atoms with E-state index in [0.717, 1.165) is 33.8 Å². The van der Waals surface area contributed by atoms with E-state index in [1.54, 1.807) is 28.9 Å². The number of rotatable bonds is 3. The molecule has 2 aromatic carbocycles. The molecule has 2 N–H and O–H groups in total. The number of nitrogens with one attached hydrogen (secondary N) is 1. The number of nitrogens with zero attached hydrogens (tertiary/aromatic N) is 3. The first kappa shape index (κ1) is 15.8. The molecule has 0 atom stereocenters. The number of phenolic OH excluding ortho intramolecular Hbond substituents is 1. The second-order valence-electron chi connectivity index (χ2n) is 5.94. The molecule has 0 aliphatic carbocycles. The molecular formula is C20H16N4O2. The summed E-state index contributed by atoms with van der Waals surface area (Å²) in [7, 11) is 0. The van der Waals surface area contributed by atoms with Crippen LogP contribution in [0.1, 0.15) is 6.92 Å². The lowest BCUT2D eigenvalue weighted by Gasteiger charge is -2.06. The molecule has 6 heteroatoms. The summed E-state index contributed by atoms with van der Waals surface area (Å²) in [5.41, 5.74) is 4.81. The SMILES string of the molecule is CC(=O)Nc1ccc(-c2ccc3ncc(-c4cccc(O)c4)n3n2)cc1. The van der Waals surface area contributed by atoms with Crippen molar-refractivity contribution < 1.29 is 9.90 Å². The summed E-state index contributed by atoms with van der Waals surface area (Å²) in [6, 6.07) is 18.3. The third-order valence-corrected chi connectivity index (χ3v) is 4.01. The molecule has 4 rings (SSSR count). The van der Waals surface area contributed by atoms with Crippen LogP contribution in [0, 0.1) is 0 Å². The summed E-state index contributed by atoms with van der Waals surface area (Å²) < 4.78 is 1.76. The van der Waals surface area contributed by atoms with Gasteiger partial charge in [-0.2, -0.15) is 5.10 Å². The number of hydrogen-bond acceptors (Lipinski definition) is 4. The minimum atomic E-state index is -0.105. The van der Waals surface area contributed by atoms with Gasteiger partial charge < -0.3 is 10.4 Å². The third kappa shape index (κ3) is 3.00. The quantitative estimate of drug-likeness (QED) is 0.593. The minimum absolute atomic E-state index is 0.105. The Morgan fingerprint density at radius 2 is 1.85 bits per heavy atom. The predicted molar refractivity (Wildman–Crippen MR) is 99.8 cm³/mol. The van der Waals surface area contributed by atoms with E-state index in [2.05, 4.69) is 15.4 Å². The average Bonchev–Trinajstić information content (AvgIpc) is 3.05. The van der Waals surface area contributed by atoms with E-state index in [4.69, 9.17) is 0 Å². The molecule has 0 fully saturated rings. The van der Waals surface area contributed by atoms with Crippen molar-refractivity contribution in [3.8, 4) is 28.3 Å². The number of imidazole rings is 1. The number of fused-ring (bicyclic) bond motifs is 1. The molecule has 2 heterocycles. The maximum Gasteiger partial charge on any atom is 0.221 e. The van der Waals surface area contributed by atoms with Crippen LogP contribution in [0.5, 0.6) is 5.75 Å². The number of phenols is 1. The molecule has 0 aliphatic heterocycles. The Kier molecular flexibility index (Phi) is 3.85. The van der Waals surface area contributed by atoms with Crippen molar-refractivity contribution in [3.63, 3.8) is 0 Å². The first-order valence-corrected chi connectivity index (χ1v) is 8.12. The number of aromatic hydroxyl groups is 1. The summed E-state index contributed by atoms with van der Waals surface area (Å²) in [4.78, 5) is 15.5. The molecule has 0 unspecified atom stereocenters. The Morgan fingerprint density at radius 1 is 1.04 bits per heavy atom. The maximum absolute atomic E-state index is 11.1. The zero-order valence-corrected chi connectivity index (χ0v) is 14.0. The Balaban J connectivity index is 1.75. The minimum Gasteiger partial charge on any atom is -0.508 e. The monoisotopic (exact) mass is 344 g/mol. The maximum atomic E-state index is 11.1. The lowest BCUT2D eigenvalue weighted by atomic mass is 10.1. The number of carbonyl (C=O) groups excluding carboxylic acids is 1. The number of amides is 1. The molecule has 6 nitrogen and oxygen atoms in total. The van der Waals surface area contributed by atoms with Gasteiger partial charge in [0, 0.05) is 23.7 Å². The second-order valence-corrected chi connectivity index (χ2v) is 5.94. The fourth-order valence-electron chi connectivity index (χ4n) is 2.82. The number of anilines is 1. The van der Waals surface area contributed by atoms with Crippen LogP contribution < -0.4 is 5.32 Å². The second kappa shape index (κ2) is 6.33. The highest BCUT2D eigenvalue weighted by Gasteiger charge is 2.09. The van der Waals surface area contributed by atoms with E-state index in [9.17, 15) is 9.90 Å². The van der Waals surface area contributed by atoms with Gasteiger partial charge in [-0.1, -0.05) is 24.3 Å². The Labute approximate surface area is 149 Å². The number of benzene rings is 2. The Morgan fingerprint density at radius 3 is 2.58 bits per heavy atom. The van der Waals surface area contributed by atoms with E-state index in [1.807, 2.05) is 42.5 Å². The van der Waals surface area contributed by atoms with Crippen LogP contribution in [0.15, 0.2) is 66.9 Å². The summed E-state index contributed by atoms with van der Waals surface area (Å²) >= 11 is 0. The van der Waals surface area contributed by atoms with Crippen molar-refractivity contribution in [3.05, 3.63) is 66.9 Å². The van der Waals surface area contributed by atoms with Crippen LogP contribution in [0.2, 0.25) is 0 Å². The van der Waals surface area contributed by atoms with Gasteiger partial charge in [0.25, 0.3) is 0 Å². The Bertz CT molecular complexity index is 1100. The molecule has 0 bridgehead atoms. The van der Waals surface area contributed by atoms with Crippen LogP contribution in [-0.2, 0) is 4.79 Å². The van der Waals surface area contributed by atoms with Crippen molar-refractivity contribution in [1.29, 1.82) is 0 Å². The molecular weight excluding hydrogens is 328 g/mol. The van der Waals surface area contributed by atoms with Gasteiger partial charge in [-0.25, -0.2) is 9.50 Å². The lowest BCUT2D eigenvalue weighted by Crippen LogP contribution is -2.05. The molecule has 128 valence electrons. The first-order valence-electron chi connectivity index (χ1n) is 8.12. The normalized spacial score (nSPS) is 10.8. The van der Waals surface area contributed by atoms with E-state index in [-0.39, 0.29) is 11.7 Å². The van der Waals surface area contributed by atoms with Crippen molar-refractivity contribution >= 4 is 17.2 Å². The van der Waals surface area contributed by atoms with Crippen LogP contribution in [0.3, 0.4) is 0 Å². The zero-order chi connectivity index (χ0) is 18.1. The largest absolute Gasteiger partial charge is 0.508 e. The van der Waals surface area contributed by atoms with Gasteiger partial charge in [-0.15, -0.1) is 0 Å². The summed E-state index contributed by atoms with van der Waals surface area (Å²) in [5, 5.41) is 17.2. The molecule has 0 spiro atoms. The molecule has 1 amide bonds. The number of carbonyl (C=O) groups is 1. The van der Waals surface area contributed by atoms with E-state index >= 15 is 0 Å². The van der Waals surface area contributed by atoms with Gasteiger partial charge in [-0.3, -0.25) is 4.79 Å². The van der Waals surface area contributed by atoms with E-state index in [0.29, 0.717) is 0 Å². The summed E-state index contributed by atoms with van der Waals surface area (Å²) in [6.45, 7) is 1.48. The third-order valence-electron chi connectivity index (χ3n) is 4.01. The van der Waals surface area contributed by atoms with Gasteiger partial charge in [0.15, 0.2) is 5.65 Å². The van der Waals surface area contributed by atoms with Gasteiger partial charge in [-0.05, 0) is 36.4 Å². The molecule has 4 aromatic rings. The molecule has 0 radical (unpaired) electrons. The van der Waals surface area contributed by atoms with Crippen molar-refractivity contribution in [2.45, 2.75) is 6.92 Å². The zero-order valence-electron chi connectivity index (χ0n) is 14.0. The average molecular weight is 344 g/mol. The van der Waals surface area contributed by atoms with Crippen LogP contribution >= 0.6 is 0 Å². The molecule has 0 aliphatic rings. The highest BCUT2D eigenvalue weighted by atomic mass is 16.3. The molecule has 0 saturated heterocycles. The van der Waals surface area contributed by atoms with Gasteiger partial charge in [0.2, 0.25) is 5.91 Å². The predicted octanol–water partition coefficient (Wildman–Crippen LogP) is 3.73. The van der Waals surface area contributed by atoms with Crippen LogP contribution in [-0.4, -0.2) is 25.6 Å². The van der Waals surface area contributed by atoms with Gasteiger partial charge >= 0.3 is 0 Å². The van der Waals surface area contributed by atoms with Gasteiger partial charge in [0.1, 0.15) is 5.75 Å². The standard InChI is InChI=1S/C20H16N4O2/c1-13(25)22-16-7-5-14(6-8-16)18-9-10-20-21-12-19(24(20)23-18)15-3-2-4-17(26)11-15/h2-12,26H,1H3,(H,22,25). The molecule has 0 saturated carbocycles. The number of aromatic nitrogens is 3. The van der Waals surface area contributed by atoms with E-state index in [1.165, 1.54) is 6.92 Å². The summed E-state index contributed by atoms with van der Waals surface area (Å²) in [6.07, 6.45) is 1.74. The Hall–Kier alpha value is -3.67. The van der Waals surface area contributed by atoms with Crippen molar-refractivity contribution in [1.82, 2.24) is 14.6 Å². The first-order chi connectivity index (χ1) is 12.6. The lowest BCUT2D eigenvalue weighted by molar-refractivity contribution is -0.114. The smallest absolute Gasteiger partial charge is 0.221 e. The van der Waals surface area contributed by atoms with E-state index < -0.39 is 0 Å². The molecule has 26 heavy (non-hydrogen) atoms. The topological polar surface area (TPSA) is 79.5 Å². The highest BCUT2D eigenvalue weighted by Crippen LogP contribution is 2.25. The van der Waals surface area contributed by atoms with Crippen molar-refractivity contribution in [2.24, 2.45) is 0 Å². The fraction of sp³-hybridized carbons (Fsp3) is 0.0500. The highest BCUT2D eigenvalue weighted by molar-refractivity contribution is 5.88. The van der Waals surface area contributed by atoms with Crippen LogP contribution in [0.25, 0.3) is 28.2 Å². The summed E-state index contributed by atoms with van der Waals surface area (Å²) in [5.74, 6) is 0.0913.